The van der Waals surface area contributed by atoms with Crippen LogP contribution in [0.4, 0.5) is 0 Å². The van der Waals surface area contributed by atoms with E-state index in [1.807, 2.05) is 17.5 Å². The van der Waals surface area contributed by atoms with E-state index in [1.54, 1.807) is 11.3 Å². The summed E-state index contributed by atoms with van der Waals surface area (Å²) >= 11 is 3.56. The Labute approximate surface area is 140 Å². The lowest BCUT2D eigenvalue weighted by Crippen LogP contribution is -2.39. The molecule has 0 atom stereocenters. The van der Waals surface area contributed by atoms with Crippen LogP contribution in [0.3, 0.4) is 0 Å². The number of nitrogens with zero attached hydrogens (tertiary/aromatic N) is 3. The van der Waals surface area contributed by atoms with Gasteiger partial charge in [-0.2, -0.15) is 0 Å². The molecular formula is C16H24N4S2. The molecule has 2 rings (SSSR count). The number of rotatable bonds is 7. The summed E-state index contributed by atoms with van der Waals surface area (Å²) in [5.41, 5.74) is 0. The Morgan fingerprint density at radius 2 is 2.23 bits per heavy atom. The highest BCUT2D eigenvalue weighted by Crippen LogP contribution is 2.14. The van der Waals surface area contributed by atoms with Gasteiger partial charge in [-0.05, 0) is 31.2 Å². The Hall–Kier alpha value is -1.40. The minimum Gasteiger partial charge on any atom is -0.357 e. The lowest BCUT2D eigenvalue weighted by molar-refractivity contribution is 0.486. The van der Waals surface area contributed by atoms with Gasteiger partial charge in [0.05, 0.1) is 6.54 Å². The molecule has 2 heterocycles. The average Bonchev–Trinajstić information content (AvgIpc) is 3.20. The van der Waals surface area contributed by atoms with Crippen molar-refractivity contribution < 1.29 is 0 Å². The Morgan fingerprint density at radius 3 is 2.86 bits per heavy atom. The fraction of sp³-hybridized carbons (Fsp3) is 0.500. The van der Waals surface area contributed by atoms with E-state index >= 15 is 0 Å². The van der Waals surface area contributed by atoms with Crippen molar-refractivity contribution in [1.82, 2.24) is 15.2 Å². The molecule has 0 amide bonds. The highest BCUT2D eigenvalue weighted by molar-refractivity contribution is 7.11. The smallest absolute Gasteiger partial charge is 0.194 e. The quantitative estimate of drug-likeness (QED) is 0.622. The van der Waals surface area contributed by atoms with Gasteiger partial charge in [-0.3, -0.25) is 0 Å². The van der Waals surface area contributed by atoms with Crippen LogP contribution in [-0.2, 0) is 19.4 Å². The molecule has 0 bridgehead atoms. The van der Waals surface area contributed by atoms with E-state index in [4.69, 9.17) is 4.99 Å². The minimum atomic E-state index is 0.649. The second-order valence-electron chi connectivity index (χ2n) is 4.99. The van der Waals surface area contributed by atoms with Crippen LogP contribution in [0.2, 0.25) is 0 Å². The second-order valence-corrected chi connectivity index (χ2v) is 7.23. The van der Waals surface area contributed by atoms with E-state index in [9.17, 15) is 0 Å². The SMILES string of the molecule is CCNC(=NCc1ncc(CC)s1)N(C)CCc1cccs1. The van der Waals surface area contributed by atoms with Crippen molar-refractivity contribution >= 4 is 28.6 Å². The van der Waals surface area contributed by atoms with Gasteiger partial charge in [0.2, 0.25) is 0 Å². The summed E-state index contributed by atoms with van der Waals surface area (Å²) in [7, 11) is 2.09. The van der Waals surface area contributed by atoms with Crippen molar-refractivity contribution in [1.29, 1.82) is 0 Å². The number of thiazole rings is 1. The lowest BCUT2D eigenvalue weighted by atomic mass is 10.3. The van der Waals surface area contributed by atoms with Crippen LogP contribution in [0.5, 0.6) is 0 Å². The van der Waals surface area contributed by atoms with Crippen LogP contribution in [0.1, 0.15) is 28.6 Å². The molecule has 4 nitrogen and oxygen atoms in total. The first-order valence-electron chi connectivity index (χ1n) is 7.68. The van der Waals surface area contributed by atoms with Crippen LogP contribution >= 0.6 is 22.7 Å². The van der Waals surface area contributed by atoms with Gasteiger partial charge in [-0.1, -0.05) is 13.0 Å². The van der Waals surface area contributed by atoms with Crippen LogP contribution < -0.4 is 5.32 Å². The number of aliphatic imine (C=N–C) groups is 1. The largest absolute Gasteiger partial charge is 0.357 e. The fourth-order valence-corrected chi connectivity index (χ4v) is 3.52. The molecule has 0 spiro atoms. The number of guanidine groups is 1. The zero-order valence-corrected chi connectivity index (χ0v) is 15.1. The standard InChI is InChI=1S/C16H24N4S2/c1-4-13-11-18-15(22-13)12-19-16(17-5-2)20(3)9-8-14-7-6-10-21-14/h6-7,10-11H,4-5,8-9,12H2,1-3H3,(H,17,19). The number of nitrogens with one attached hydrogen (secondary N) is 1. The van der Waals surface area contributed by atoms with Crippen LogP contribution in [0.25, 0.3) is 0 Å². The second kappa shape index (κ2) is 8.90. The van der Waals surface area contributed by atoms with Gasteiger partial charge < -0.3 is 10.2 Å². The Morgan fingerprint density at radius 1 is 1.36 bits per heavy atom. The lowest BCUT2D eigenvalue weighted by Gasteiger charge is -2.21. The first kappa shape index (κ1) is 17.0. The van der Waals surface area contributed by atoms with Gasteiger partial charge in [0.15, 0.2) is 5.96 Å². The predicted octanol–water partition coefficient (Wildman–Crippen LogP) is 3.41. The van der Waals surface area contributed by atoms with Gasteiger partial charge >= 0.3 is 0 Å². The third-order valence-electron chi connectivity index (χ3n) is 3.28. The summed E-state index contributed by atoms with van der Waals surface area (Å²) in [5.74, 6) is 0.951. The van der Waals surface area contributed by atoms with Gasteiger partial charge in [-0.15, -0.1) is 22.7 Å². The topological polar surface area (TPSA) is 40.5 Å². The van der Waals surface area contributed by atoms with E-state index in [-0.39, 0.29) is 0 Å². The molecule has 2 aromatic rings. The molecule has 6 heteroatoms. The molecule has 22 heavy (non-hydrogen) atoms. The normalized spacial score (nSPS) is 11.7. The predicted molar refractivity (Wildman–Crippen MR) is 97.0 cm³/mol. The summed E-state index contributed by atoms with van der Waals surface area (Å²) in [5, 5.41) is 6.57. The highest BCUT2D eigenvalue weighted by atomic mass is 32.1. The van der Waals surface area contributed by atoms with Crippen LogP contribution in [-0.4, -0.2) is 36.0 Å². The van der Waals surface area contributed by atoms with E-state index in [2.05, 4.69) is 53.6 Å². The zero-order chi connectivity index (χ0) is 15.8. The first-order chi connectivity index (χ1) is 10.7. The number of hydrogen-bond acceptors (Lipinski definition) is 4. The van der Waals surface area contributed by atoms with Crippen molar-refractivity contribution in [2.45, 2.75) is 33.2 Å². The Kier molecular flexibility index (Phi) is 6.86. The average molecular weight is 337 g/mol. The van der Waals surface area contributed by atoms with Crippen molar-refractivity contribution in [3.63, 3.8) is 0 Å². The molecule has 0 aliphatic carbocycles. The first-order valence-corrected chi connectivity index (χ1v) is 9.38. The van der Waals surface area contributed by atoms with Crippen molar-refractivity contribution in [3.05, 3.63) is 38.5 Å². The number of aromatic nitrogens is 1. The summed E-state index contributed by atoms with van der Waals surface area (Å²) < 4.78 is 0. The Balaban J connectivity index is 1.93. The van der Waals surface area contributed by atoms with Gasteiger partial charge in [0.1, 0.15) is 5.01 Å². The van der Waals surface area contributed by atoms with E-state index in [1.165, 1.54) is 9.75 Å². The van der Waals surface area contributed by atoms with Crippen molar-refractivity contribution in [2.24, 2.45) is 4.99 Å². The molecule has 1 N–H and O–H groups in total. The molecule has 0 saturated carbocycles. The summed E-state index contributed by atoms with van der Waals surface area (Å²) in [6.07, 6.45) is 4.06. The van der Waals surface area contributed by atoms with Gasteiger partial charge in [0.25, 0.3) is 0 Å². The summed E-state index contributed by atoms with van der Waals surface area (Å²) in [6.45, 7) is 6.74. The minimum absolute atomic E-state index is 0.649. The van der Waals surface area contributed by atoms with Gasteiger partial charge in [0, 0.05) is 36.1 Å². The van der Waals surface area contributed by atoms with Gasteiger partial charge in [-0.25, -0.2) is 9.98 Å². The number of thiophene rings is 1. The van der Waals surface area contributed by atoms with E-state index in [0.29, 0.717) is 6.54 Å². The molecule has 0 aliphatic heterocycles. The molecule has 0 saturated heterocycles. The molecule has 0 aromatic carbocycles. The molecule has 0 radical (unpaired) electrons. The zero-order valence-electron chi connectivity index (χ0n) is 13.5. The molecule has 0 unspecified atom stereocenters. The maximum Gasteiger partial charge on any atom is 0.194 e. The maximum atomic E-state index is 4.71. The molecular weight excluding hydrogens is 312 g/mol. The molecule has 2 aromatic heterocycles. The van der Waals surface area contributed by atoms with Crippen molar-refractivity contribution in [2.75, 3.05) is 20.1 Å². The van der Waals surface area contributed by atoms with E-state index in [0.717, 1.165) is 36.9 Å². The Bertz CT molecular complexity index is 575. The number of hydrogen-bond donors (Lipinski definition) is 1. The third-order valence-corrected chi connectivity index (χ3v) is 5.35. The maximum absolute atomic E-state index is 4.71. The van der Waals surface area contributed by atoms with Crippen LogP contribution in [0.15, 0.2) is 28.7 Å². The summed E-state index contributed by atoms with van der Waals surface area (Å²) in [4.78, 5) is 14.1. The summed E-state index contributed by atoms with van der Waals surface area (Å²) in [6, 6.07) is 4.29. The highest BCUT2D eigenvalue weighted by Gasteiger charge is 2.07. The molecule has 0 fully saturated rings. The number of likely N-dealkylation sites (N-methyl/N-ethyl adjacent to an activating group) is 1. The monoisotopic (exact) mass is 336 g/mol. The third kappa shape index (κ3) is 5.10. The van der Waals surface area contributed by atoms with Crippen LogP contribution in [0, 0.1) is 0 Å². The molecule has 120 valence electrons. The fourth-order valence-electron chi connectivity index (χ4n) is 2.04. The number of aryl methyl sites for hydroxylation is 1. The molecule has 0 aliphatic rings. The van der Waals surface area contributed by atoms with Crippen molar-refractivity contribution in [3.8, 4) is 0 Å². The van der Waals surface area contributed by atoms with E-state index < -0.39 is 0 Å².